The summed E-state index contributed by atoms with van der Waals surface area (Å²) in [7, 11) is -3.31. The molecule has 2 atom stereocenters. The number of nitrogens with one attached hydrogen (secondary N) is 1. The Balaban J connectivity index is 2.31. The lowest BCUT2D eigenvalue weighted by Crippen LogP contribution is -2.36. The third-order valence-electron chi connectivity index (χ3n) is 2.44. The number of sulfonamides is 1. The second kappa shape index (κ2) is 5.79. The van der Waals surface area contributed by atoms with Crippen LogP contribution in [0.25, 0.3) is 0 Å². The Kier molecular flexibility index (Phi) is 4.98. The van der Waals surface area contributed by atoms with Crippen molar-refractivity contribution in [3.05, 3.63) is 0 Å². The molecule has 2 unspecified atom stereocenters. The van der Waals surface area contributed by atoms with Crippen LogP contribution in [0.15, 0.2) is 0 Å². The Hall–Kier alpha value is -0.170. The van der Waals surface area contributed by atoms with Gasteiger partial charge < -0.3 is 9.84 Å². The molecule has 1 aliphatic heterocycles. The molecule has 0 aromatic rings. The number of hydrogen-bond acceptors (Lipinski definition) is 4. The average molecular weight is 237 g/mol. The first-order valence-corrected chi connectivity index (χ1v) is 6.95. The highest BCUT2D eigenvalue weighted by Crippen LogP contribution is 2.13. The molecule has 1 aliphatic rings. The standard InChI is InChI=1S/C9H19NO4S/c1-2-8(11)6-10-15(12,13)7-9-4-3-5-14-9/h8-11H,2-7H2,1H3. The molecule has 0 aromatic heterocycles. The lowest BCUT2D eigenvalue weighted by molar-refractivity contribution is 0.127. The van der Waals surface area contributed by atoms with Crippen LogP contribution in [0.5, 0.6) is 0 Å². The molecule has 1 heterocycles. The lowest BCUT2D eigenvalue weighted by atomic mass is 10.3. The molecule has 0 aliphatic carbocycles. The normalized spacial score (nSPS) is 24.3. The maximum absolute atomic E-state index is 11.5. The molecule has 2 N–H and O–H groups in total. The van der Waals surface area contributed by atoms with E-state index in [2.05, 4.69) is 4.72 Å². The van der Waals surface area contributed by atoms with Gasteiger partial charge in [0, 0.05) is 13.2 Å². The molecular formula is C9H19NO4S. The van der Waals surface area contributed by atoms with Gasteiger partial charge in [0.25, 0.3) is 0 Å². The van der Waals surface area contributed by atoms with Gasteiger partial charge in [-0.1, -0.05) is 6.92 Å². The molecule has 15 heavy (non-hydrogen) atoms. The van der Waals surface area contributed by atoms with Gasteiger partial charge in [0.1, 0.15) is 0 Å². The molecule has 0 amide bonds. The van der Waals surface area contributed by atoms with Crippen molar-refractivity contribution < 1.29 is 18.3 Å². The largest absolute Gasteiger partial charge is 0.392 e. The molecule has 0 bridgehead atoms. The summed E-state index contributed by atoms with van der Waals surface area (Å²) in [5, 5.41) is 9.22. The van der Waals surface area contributed by atoms with E-state index in [0.717, 1.165) is 12.8 Å². The molecule has 1 fully saturated rings. The molecule has 0 spiro atoms. The van der Waals surface area contributed by atoms with E-state index in [9.17, 15) is 13.5 Å². The minimum absolute atomic E-state index is 0.00341. The van der Waals surface area contributed by atoms with Crippen molar-refractivity contribution >= 4 is 10.0 Å². The van der Waals surface area contributed by atoms with E-state index in [-0.39, 0.29) is 18.4 Å². The topological polar surface area (TPSA) is 75.6 Å². The van der Waals surface area contributed by atoms with Crippen molar-refractivity contribution in [1.82, 2.24) is 4.72 Å². The second-order valence-electron chi connectivity index (χ2n) is 3.83. The summed E-state index contributed by atoms with van der Waals surface area (Å²) >= 11 is 0. The number of ether oxygens (including phenoxy) is 1. The smallest absolute Gasteiger partial charge is 0.214 e. The van der Waals surface area contributed by atoms with E-state index in [1.807, 2.05) is 0 Å². The summed E-state index contributed by atoms with van der Waals surface area (Å²) in [6.45, 7) is 2.54. The summed E-state index contributed by atoms with van der Waals surface area (Å²) in [6.07, 6.45) is 1.49. The fraction of sp³-hybridized carbons (Fsp3) is 1.00. The van der Waals surface area contributed by atoms with E-state index >= 15 is 0 Å². The molecule has 90 valence electrons. The van der Waals surface area contributed by atoms with E-state index in [0.29, 0.717) is 13.0 Å². The summed E-state index contributed by atoms with van der Waals surface area (Å²) in [5.74, 6) is 0.00341. The van der Waals surface area contributed by atoms with Crippen molar-refractivity contribution in [3.8, 4) is 0 Å². The van der Waals surface area contributed by atoms with Gasteiger partial charge in [-0.05, 0) is 19.3 Å². The van der Waals surface area contributed by atoms with Gasteiger partial charge in [-0.3, -0.25) is 0 Å². The summed E-state index contributed by atoms with van der Waals surface area (Å²) in [4.78, 5) is 0. The van der Waals surface area contributed by atoms with E-state index in [4.69, 9.17) is 4.74 Å². The lowest BCUT2D eigenvalue weighted by Gasteiger charge is -2.13. The van der Waals surface area contributed by atoms with Crippen LogP contribution < -0.4 is 4.72 Å². The minimum atomic E-state index is -3.31. The Morgan fingerprint density at radius 3 is 2.87 bits per heavy atom. The average Bonchev–Trinajstić information content (AvgIpc) is 2.66. The zero-order valence-corrected chi connectivity index (χ0v) is 9.79. The van der Waals surface area contributed by atoms with Gasteiger partial charge in [-0.15, -0.1) is 0 Å². The molecule has 0 radical (unpaired) electrons. The number of rotatable bonds is 6. The van der Waals surface area contributed by atoms with Gasteiger partial charge >= 0.3 is 0 Å². The van der Waals surface area contributed by atoms with E-state index in [1.54, 1.807) is 6.92 Å². The SMILES string of the molecule is CCC(O)CNS(=O)(=O)CC1CCCO1. The highest BCUT2D eigenvalue weighted by Gasteiger charge is 2.23. The van der Waals surface area contributed by atoms with Crippen molar-refractivity contribution in [2.45, 2.75) is 38.4 Å². The van der Waals surface area contributed by atoms with Gasteiger partial charge in [0.2, 0.25) is 10.0 Å². The zero-order chi connectivity index (χ0) is 11.3. The molecule has 0 aromatic carbocycles. The van der Waals surface area contributed by atoms with Crippen molar-refractivity contribution in [2.24, 2.45) is 0 Å². The van der Waals surface area contributed by atoms with E-state index in [1.165, 1.54) is 0 Å². The molecule has 0 saturated carbocycles. The van der Waals surface area contributed by atoms with Crippen LogP contribution in [0, 0.1) is 0 Å². The number of aliphatic hydroxyl groups is 1. The van der Waals surface area contributed by atoms with Crippen molar-refractivity contribution in [2.75, 3.05) is 18.9 Å². The molecule has 5 nitrogen and oxygen atoms in total. The van der Waals surface area contributed by atoms with Crippen LogP contribution in [-0.2, 0) is 14.8 Å². The van der Waals surface area contributed by atoms with Gasteiger partial charge in [0.05, 0.1) is 18.0 Å². The Bertz CT molecular complexity index is 272. The Labute approximate surface area is 90.9 Å². The monoisotopic (exact) mass is 237 g/mol. The van der Waals surface area contributed by atoms with Crippen LogP contribution in [0.1, 0.15) is 26.2 Å². The first-order valence-electron chi connectivity index (χ1n) is 5.30. The Morgan fingerprint density at radius 1 is 1.60 bits per heavy atom. The number of aliphatic hydroxyl groups excluding tert-OH is 1. The van der Waals surface area contributed by atoms with Gasteiger partial charge in [-0.2, -0.15) is 0 Å². The predicted molar refractivity (Wildman–Crippen MR) is 57.1 cm³/mol. The summed E-state index contributed by atoms with van der Waals surface area (Å²) in [5.41, 5.74) is 0. The second-order valence-corrected chi connectivity index (χ2v) is 5.68. The fourth-order valence-electron chi connectivity index (χ4n) is 1.45. The highest BCUT2D eigenvalue weighted by molar-refractivity contribution is 7.89. The maximum Gasteiger partial charge on any atom is 0.214 e. The third kappa shape index (κ3) is 4.92. The third-order valence-corrected chi connectivity index (χ3v) is 3.86. The predicted octanol–water partition coefficient (Wildman–Crippen LogP) is -0.144. The van der Waals surface area contributed by atoms with Crippen LogP contribution in [0.2, 0.25) is 0 Å². The van der Waals surface area contributed by atoms with E-state index < -0.39 is 16.1 Å². The molecule has 1 rings (SSSR count). The van der Waals surface area contributed by atoms with Crippen LogP contribution in [-0.4, -0.2) is 44.6 Å². The van der Waals surface area contributed by atoms with Crippen LogP contribution >= 0.6 is 0 Å². The molecule has 6 heteroatoms. The minimum Gasteiger partial charge on any atom is -0.392 e. The quantitative estimate of drug-likeness (QED) is 0.674. The van der Waals surface area contributed by atoms with Gasteiger partial charge in [-0.25, -0.2) is 13.1 Å². The molecule has 1 saturated heterocycles. The van der Waals surface area contributed by atoms with Crippen molar-refractivity contribution in [1.29, 1.82) is 0 Å². The van der Waals surface area contributed by atoms with Crippen LogP contribution in [0.4, 0.5) is 0 Å². The summed E-state index contributed by atoms with van der Waals surface area (Å²) in [6, 6.07) is 0. The number of hydrogen-bond donors (Lipinski definition) is 2. The highest BCUT2D eigenvalue weighted by atomic mass is 32.2. The van der Waals surface area contributed by atoms with Crippen molar-refractivity contribution in [3.63, 3.8) is 0 Å². The van der Waals surface area contributed by atoms with Crippen LogP contribution in [0.3, 0.4) is 0 Å². The Morgan fingerprint density at radius 2 is 2.33 bits per heavy atom. The van der Waals surface area contributed by atoms with Gasteiger partial charge in [0.15, 0.2) is 0 Å². The first-order chi connectivity index (χ1) is 7.03. The molecular weight excluding hydrogens is 218 g/mol. The summed E-state index contributed by atoms with van der Waals surface area (Å²) < 4.78 is 30.6. The fourth-order valence-corrected chi connectivity index (χ4v) is 2.76. The maximum atomic E-state index is 11.5. The first kappa shape index (κ1) is 12.9. The zero-order valence-electron chi connectivity index (χ0n) is 8.98.